The standard InChI is InChI=1S/C16H27N3O/c1-4-15(17)16-8-7-14(11-18-16)19(9-10-20-3)12(2)13-5-6-13/h7-8,11-13,15H,4-6,9-10,17H2,1-3H3. The van der Waals surface area contributed by atoms with Crippen molar-refractivity contribution in [2.24, 2.45) is 11.7 Å². The lowest BCUT2D eigenvalue weighted by atomic mass is 10.1. The third kappa shape index (κ3) is 3.70. The van der Waals surface area contributed by atoms with E-state index in [-0.39, 0.29) is 6.04 Å². The molecule has 0 bridgehead atoms. The summed E-state index contributed by atoms with van der Waals surface area (Å²) in [5.74, 6) is 0.824. The van der Waals surface area contributed by atoms with E-state index in [0.29, 0.717) is 6.04 Å². The summed E-state index contributed by atoms with van der Waals surface area (Å²) in [5.41, 5.74) is 8.17. The summed E-state index contributed by atoms with van der Waals surface area (Å²) >= 11 is 0. The second-order valence-electron chi connectivity index (χ2n) is 5.72. The van der Waals surface area contributed by atoms with Crippen LogP contribution in [0.5, 0.6) is 0 Å². The molecule has 1 aromatic heterocycles. The van der Waals surface area contributed by atoms with Crippen molar-refractivity contribution < 1.29 is 4.74 Å². The second-order valence-corrected chi connectivity index (χ2v) is 5.72. The van der Waals surface area contributed by atoms with Gasteiger partial charge in [-0.05, 0) is 44.2 Å². The first kappa shape index (κ1) is 15.3. The molecule has 1 aromatic rings. The van der Waals surface area contributed by atoms with Crippen LogP contribution < -0.4 is 10.6 Å². The molecule has 0 amide bonds. The highest BCUT2D eigenvalue weighted by atomic mass is 16.5. The van der Waals surface area contributed by atoms with Crippen LogP contribution in [0.25, 0.3) is 0 Å². The minimum absolute atomic E-state index is 0.0392. The molecule has 0 radical (unpaired) electrons. The molecule has 4 nitrogen and oxygen atoms in total. The first-order valence-electron chi connectivity index (χ1n) is 7.64. The molecule has 4 heteroatoms. The average Bonchev–Trinajstić information content (AvgIpc) is 3.32. The van der Waals surface area contributed by atoms with Crippen LogP contribution in [0.3, 0.4) is 0 Å². The number of aromatic nitrogens is 1. The molecule has 1 heterocycles. The van der Waals surface area contributed by atoms with E-state index >= 15 is 0 Å². The fourth-order valence-corrected chi connectivity index (χ4v) is 2.59. The third-order valence-corrected chi connectivity index (χ3v) is 4.25. The second kappa shape index (κ2) is 7.04. The first-order valence-corrected chi connectivity index (χ1v) is 7.64. The lowest BCUT2D eigenvalue weighted by Gasteiger charge is -2.31. The highest BCUT2D eigenvalue weighted by Gasteiger charge is 2.32. The Bertz CT molecular complexity index is 403. The van der Waals surface area contributed by atoms with Crippen molar-refractivity contribution >= 4 is 5.69 Å². The molecular formula is C16H27N3O. The van der Waals surface area contributed by atoms with Gasteiger partial charge in [-0.2, -0.15) is 0 Å². The number of nitrogens with zero attached hydrogens (tertiary/aromatic N) is 2. The van der Waals surface area contributed by atoms with Crippen LogP contribution in [-0.2, 0) is 4.74 Å². The predicted octanol–water partition coefficient (Wildman–Crippen LogP) is 2.74. The third-order valence-electron chi connectivity index (χ3n) is 4.25. The first-order chi connectivity index (χ1) is 9.67. The molecule has 2 unspecified atom stereocenters. The van der Waals surface area contributed by atoms with Crippen molar-refractivity contribution in [2.75, 3.05) is 25.2 Å². The molecule has 1 aliphatic rings. The molecule has 0 aromatic carbocycles. The van der Waals surface area contributed by atoms with Crippen LogP contribution in [-0.4, -0.2) is 31.3 Å². The van der Waals surface area contributed by atoms with Gasteiger partial charge in [-0.25, -0.2) is 0 Å². The summed E-state index contributed by atoms with van der Waals surface area (Å²) in [4.78, 5) is 6.95. The highest BCUT2D eigenvalue weighted by molar-refractivity contribution is 5.46. The number of hydrogen-bond donors (Lipinski definition) is 1. The van der Waals surface area contributed by atoms with Crippen LogP contribution >= 0.6 is 0 Å². The number of anilines is 1. The van der Waals surface area contributed by atoms with Crippen LogP contribution in [0.15, 0.2) is 18.3 Å². The Morgan fingerprint density at radius 2 is 2.20 bits per heavy atom. The summed E-state index contributed by atoms with van der Waals surface area (Å²) in [5, 5.41) is 0. The van der Waals surface area contributed by atoms with E-state index in [1.54, 1.807) is 7.11 Å². The molecule has 1 saturated carbocycles. The Morgan fingerprint density at radius 1 is 1.45 bits per heavy atom. The zero-order valence-corrected chi connectivity index (χ0v) is 12.9. The van der Waals surface area contributed by atoms with Crippen molar-refractivity contribution in [3.8, 4) is 0 Å². The van der Waals surface area contributed by atoms with Gasteiger partial charge in [0, 0.05) is 25.7 Å². The van der Waals surface area contributed by atoms with Gasteiger partial charge in [0.25, 0.3) is 0 Å². The van der Waals surface area contributed by atoms with Crippen molar-refractivity contribution in [1.29, 1.82) is 0 Å². The smallest absolute Gasteiger partial charge is 0.0637 e. The molecule has 0 saturated heterocycles. The van der Waals surface area contributed by atoms with Crippen LogP contribution in [0.1, 0.15) is 44.8 Å². The Labute approximate surface area is 122 Å². The van der Waals surface area contributed by atoms with Gasteiger partial charge < -0.3 is 15.4 Å². The number of rotatable bonds is 8. The lowest BCUT2D eigenvalue weighted by molar-refractivity contribution is 0.202. The van der Waals surface area contributed by atoms with Crippen molar-refractivity contribution in [1.82, 2.24) is 4.98 Å². The number of nitrogens with two attached hydrogens (primary N) is 1. The zero-order valence-electron chi connectivity index (χ0n) is 12.9. The van der Waals surface area contributed by atoms with E-state index in [0.717, 1.165) is 31.2 Å². The molecule has 112 valence electrons. The minimum atomic E-state index is 0.0392. The topological polar surface area (TPSA) is 51.4 Å². The molecule has 2 N–H and O–H groups in total. The minimum Gasteiger partial charge on any atom is -0.383 e. The lowest BCUT2D eigenvalue weighted by Crippen LogP contribution is -2.37. The van der Waals surface area contributed by atoms with E-state index < -0.39 is 0 Å². The van der Waals surface area contributed by atoms with E-state index in [9.17, 15) is 0 Å². The maximum absolute atomic E-state index is 6.02. The predicted molar refractivity (Wildman–Crippen MR) is 82.9 cm³/mol. The summed E-state index contributed by atoms with van der Waals surface area (Å²) < 4.78 is 5.24. The Balaban J connectivity index is 2.10. The summed E-state index contributed by atoms with van der Waals surface area (Å²) in [6.07, 6.45) is 5.56. The van der Waals surface area contributed by atoms with Crippen molar-refractivity contribution in [3.05, 3.63) is 24.0 Å². The van der Waals surface area contributed by atoms with Gasteiger partial charge in [-0.15, -0.1) is 0 Å². The number of pyridine rings is 1. The van der Waals surface area contributed by atoms with Crippen molar-refractivity contribution in [3.63, 3.8) is 0 Å². The van der Waals surface area contributed by atoms with Gasteiger partial charge in [0.2, 0.25) is 0 Å². The Kier molecular flexibility index (Phi) is 5.38. The molecule has 2 rings (SSSR count). The largest absolute Gasteiger partial charge is 0.383 e. The molecule has 0 aliphatic heterocycles. The fraction of sp³-hybridized carbons (Fsp3) is 0.688. The van der Waals surface area contributed by atoms with E-state index in [2.05, 4.69) is 35.9 Å². The van der Waals surface area contributed by atoms with Gasteiger partial charge in [0.15, 0.2) is 0 Å². The molecular weight excluding hydrogens is 250 g/mol. The SMILES string of the molecule is CCC(N)c1ccc(N(CCOC)C(C)C2CC2)cn1. The monoisotopic (exact) mass is 277 g/mol. The molecule has 0 spiro atoms. The van der Waals surface area contributed by atoms with Gasteiger partial charge in [-0.1, -0.05) is 6.92 Å². The molecule has 2 atom stereocenters. The van der Waals surface area contributed by atoms with Gasteiger partial charge >= 0.3 is 0 Å². The quantitative estimate of drug-likeness (QED) is 0.794. The van der Waals surface area contributed by atoms with Crippen LogP contribution in [0.2, 0.25) is 0 Å². The van der Waals surface area contributed by atoms with Crippen LogP contribution in [0, 0.1) is 5.92 Å². The highest BCUT2D eigenvalue weighted by Crippen LogP contribution is 2.36. The molecule has 20 heavy (non-hydrogen) atoms. The average molecular weight is 277 g/mol. The maximum atomic E-state index is 6.02. The van der Waals surface area contributed by atoms with Crippen LogP contribution in [0.4, 0.5) is 5.69 Å². The number of ether oxygens (including phenoxy) is 1. The Morgan fingerprint density at radius 3 is 2.70 bits per heavy atom. The van der Waals surface area contributed by atoms with Gasteiger partial charge in [0.1, 0.15) is 0 Å². The Hall–Kier alpha value is -1.13. The van der Waals surface area contributed by atoms with Gasteiger partial charge in [-0.3, -0.25) is 4.98 Å². The normalized spacial score (nSPS) is 17.8. The summed E-state index contributed by atoms with van der Waals surface area (Å²) in [7, 11) is 1.75. The fourth-order valence-electron chi connectivity index (χ4n) is 2.59. The van der Waals surface area contributed by atoms with Gasteiger partial charge in [0.05, 0.1) is 24.2 Å². The zero-order chi connectivity index (χ0) is 14.5. The van der Waals surface area contributed by atoms with E-state index in [1.807, 2.05) is 6.20 Å². The summed E-state index contributed by atoms with van der Waals surface area (Å²) in [6, 6.07) is 4.80. The number of methoxy groups -OCH3 is 1. The maximum Gasteiger partial charge on any atom is 0.0637 e. The molecule has 1 fully saturated rings. The van der Waals surface area contributed by atoms with Crippen molar-refractivity contribution in [2.45, 2.75) is 45.2 Å². The van der Waals surface area contributed by atoms with E-state index in [4.69, 9.17) is 10.5 Å². The summed E-state index contributed by atoms with van der Waals surface area (Å²) in [6.45, 7) is 6.04. The number of hydrogen-bond acceptors (Lipinski definition) is 4. The molecule has 1 aliphatic carbocycles. The van der Waals surface area contributed by atoms with E-state index in [1.165, 1.54) is 18.5 Å².